The molecule has 1 aliphatic rings. The number of rotatable bonds is 7. The van der Waals surface area contributed by atoms with Gasteiger partial charge >= 0.3 is 0 Å². The highest BCUT2D eigenvalue weighted by atomic mass is 16.5. The van der Waals surface area contributed by atoms with Crippen LogP contribution in [0.5, 0.6) is 5.75 Å². The third kappa shape index (κ3) is 4.95. The van der Waals surface area contributed by atoms with Gasteiger partial charge in [0.2, 0.25) is 0 Å². The molecule has 2 heterocycles. The Hall–Kier alpha value is -2.67. The minimum absolute atomic E-state index is 0.0594. The molecule has 7 nitrogen and oxygen atoms in total. The molecule has 1 aliphatic heterocycles. The first-order chi connectivity index (χ1) is 13.1. The Morgan fingerprint density at radius 2 is 2.11 bits per heavy atom. The van der Waals surface area contributed by atoms with Gasteiger partial charge in [0.15, 0.2) is 0 Å². The van der Waals surface area contributed by atoms with Crippen LogP contribution in [0.2, 0.25) is 0 Å². The number of hydrogen-bond donors (Lipinski definition) is 3. The second kappa shape index (κ2) is 8.81. The van der Waals surface area contributed by atoms with Crippen LogP contribution in [0.25, 0.3) is 0 Å². The molecule has 1 fully saturated rings. The van der Waals surface area contributed by atoms with E-state index in [1.54, 1.807) is 0 Å². The number of para-hydroxylation sites is 1. The lowest BCUT2D eigenvalue weighted by Crippen LogP contribution is -2.30. The maximum atomic E-state index is 12.4. The van der Waals surface area contributed by atoms with Crippen molar-refractivity contribution in [3.05, 3.63) is 51.6 Å². The van der Waals surface area contributed by atoms with Crippen LogP contribution in [-0.4, -0.2) is 41.5 Å². The summed E-state index contributed by atoms with van der Waals surface area (Å²) in [5.74, 6) is 1.78. The van der Waals surface area contributed by atoms with E-state index in [9.17, 15) is 4.79 Å². The molecule has 0 atom stereocenters. The molecule has 0 spiro atoms. The van der Waals surface area contributed by atoms with Crippen molar-refractivity contribution >= 4 is 12.0 Å². The molecule has 2 aromatic rings. The number of nitrogens with one attached hydrogen (secondary N) is 3. The third-order valence-electron chi connectivity index (χ3n) is 4.40. The minimum Gasteiger partial charge on any atom is -0.491 e. The van der Waals surface area contributed by atoms with Crippen molar-refractivity contribution in [2.45, 2.75) is 45.3 Å². The van der Waals surface area contributed by atoms with Gasteiger partial charge in [0.25, 0.3) is 5.56 Å². The summed E-state index contributed by atoms with van der Waals surface area (Å²) in [7, 11) is 0. The molecule has 0 saturated carbocycles. The fourth-order valence-electron chi connectivity index (χ4n) is 3.09. The highest BCUT2D eigenvalue weighted by molar-refractivity contribution is 5.83. The summed E-state index contributed by atoms with van der Waals surface area (Å²) in [4.78, 5) is 19.8. The zero-order valence-electron chi connectivity index (χ0n) is 15.7. The lowest BCUT2D eigenvalue weighted by Gasteiger charge is -2.24. The Labute approximate surface area is 158 Å². The number of hydrogen-bond acceptors (Lipinski definition) is 6. The number of aromatic nitrogens is 2. The molecule has 1 aromatic heterocycles. The van der Waals surface area contributed by atoms with Gasteiger partial charge in [-0.3, -0.25) is 4.79 Å². The van der Waals surface area contributed by atoms with Gasteiger partial charge in [0, 0.05) is 37.5 Å². The van der Waals surface area contributed by atoms with Gasteiger partial charge in [-0.15, -0.1) is 0 Å². The summed E-state index contributed by atoms with van der Waals surface area (Å²) in [5.41, 5.74) is 0.887. The van der Waals surface area contributed by atoms with Crippen LogP contribution in [0.4, 0.5) is 5.82 Å². The van der Waals surface area contributed by atoms with E-state index in [1.165, 1.54) is 0 Å². The lowest BCUT2D eigenvalue weighted by atomic mass is 10.1. The fraction of sp³-hybridized carbons (Fsp3) is 0.450. The van der Waals surface area contributed by atoms with Crippen LogP contribution in [-0.2, 0) is 11.2 Å². The standard InChI is InChI=1S/C20H26N4O3/c1-13(2)27-17-6-4-3-5-14(17)11-18-23-19(16(12-21)20(25)24-18)22-15-7-9-26-10-8-15/h3-6,12-13,15,21H,7-11H2,1-2H3,(H2,22,23,24,25). The Bertz CT molecular complexity index is 841. The van der Waals surface area contributed by atoms with Gasteiger partial charge in [-0.2, -0.15) is 0 Å². The largest absolute Gasteiger partial charge is 0.491 e. The number of nitrogens with zero attached hydrogens (tertiary/aromatic N) is 1. The number of benzene rings is 1. The molecule has 0 aliphatic carbocycles. The van der Waals surface area contributed by atoms with Crippen molar-refractivity contribution in [1.29, 1.82) is 5.41 Å². The highest BCUT2D eigenvalue weighted by Crippen LogP contribution is 2.22. The normalized spacial score (nSPS) is 14.9. The zero-order valence-corrected chi connectivity index (χ0v) is 15.7. The topological polar surface area (TPSA) is 100 Å². The first-order valence-corrected chi connectivity index (χ1v) is 9.29. The third-order valence-corrected chi connectivity index (χ3v) is 4.40. The predicted molar refractivity (Wildman–Crippen MR) is 105 cm³/mol. The number of aromatic amines is 1. The zero-order chi connectivity index (χ0) is 19.2. The van der Waals surface area contributed by atoms with Crippen LogP contribution >= 0.6 is 0 Å². The molecule has 3 rings (SSSR count). The minimum atomic E-state index is -0.313. The van der Waals surface area contributed by atoms with Crippen molar-refractivity contribution < 1.29 is 9.47 Å². The van der Waals surface area contributed by atoms with E-state index < -0.39 is 0 Å². The summed E-state index contributed by atoms with van der Waals surface area (Å²) >= 11 is 0. The summed E-state index contributed by atoms with van der Waals surface area (Å²) < 4.78 is 11.2. The van der Waals surface area contributed by atoms with Crippen molar-refractivity contribution in [1.82, 2.24) is 9.97 Å². The predicted octanol–water partition coefficient (Wildman–Crippen LogP) is 2.74. The molecule has 0 unspecified atom stereocenters. The smallest absolute Gasteiger partial charge is 0.261 e. The molecule has 27 heavy (non-hydrogen) atoms. The van der Waals surface area contributed by atoms with Crippen LogP contribution < -0.4 is 15.6 Å². The first-order valence-electron chi connectivity index (χ1n) is 9.29. The van der Waals surface area contributed by atoms with Crippen LogP contribution in [0.15, 0.2) is 29.1 Å². The Kier molecular flexibility index (Phi) is 6.24. The summed E-state index contributed by atoms with van der Waals surface area (Å²) in [6.45, 7) is 5.33. The molecule has 1 aromatic carbocycles. The number of ether oxygens (including phenoxy) is 2. The van der Waals surface area contributed by atoms with Gasteiger partial charge in [-0.05, 0) is 32.8 Å². The second-order valence-corrected chi connectivity index (χ2v) is 6.90. The second-order valence-electron chi connectivity index (χ2n) is 6.90. The number of anilines is 1. The Morgan fingerprint density at radius 1 is 1.37 bits per heavy atom. The summed E-state index contributed by atoms with van der Waals surface area (Å²) in [6, 6.07) is 7.94. The molecule has 0 bridgehead atoms. The van der Waals surface area contributed by atoms with Crippen LogP contribution in [0.3, 0.4) is 0 Å². The van der Waals surface area contributed by atoms with E-state index in [1.807, 2.05) is 38.1 Å². The molecule has 144 valence electrons. The molecular weight excluding hydrogens is 344 g/mol. The van der Waals surface area contributed by atoms with Crippen molar-refractivity contribution in [3.63, 3.8) is 0 Å². The van der Waals surface area contributed by atoms with E-state index in [0.29, 0.717) is 31.3 Å². The monoisotopic (exact) mass is 370 g/mol. The molecule has 3 N–H and O–H groups in total. The quantitative estimate of drug-likeness (QED) is 0.651. The lowest BCUT2D eigenvalue weighted by molar-refractivity contribution is 0.0904. The number of H-pyrrole nitrogens is 1. The van der Waals surface area contributed by atoms with E-state index in [0.717, 1.165) is 30.4 Å². The molecular formula is C20H26N4O3. The maximum Gasteiger partial charge on any atom is 0.261 e. The van der Waals surface area contributed by atoms with Gasteiger partial charge < -0.3 is 25.2 Å². The van der Waals surface area contributed by atoms with Crippen molar-refractivity contribution in [2.75, 3.05) is 18.5 Å². The Morgan fingerprint density at radius 3 is 2.81 bits per heavy atom. The molecule has 1 saturated heterocycles. The Balaban J connectivity index is 1.88. The maximum absolute atomic E-state index is 12.4. The molecule has 0 radical (unpaired) electrons. The van der Waals surface area contributed by atoms with Gasteiger partial charge in [0.05, 0.1) is 11.7 Å². The van der Waals surface area contributed by atoms with Crippen molar-refractivity contribution in [3.8, 4) is 5.75 Å². The van der Waals surface area contributed by atoms with Gasteiger partial charge in [-0.25, -0.2) is 4.98 Å². The van der Waals surface area contributed by atoms with Gasteiger partial charge in [-0.1, -0.05) is 18.2 Å². The fourth-order valence-corrected chi connectivity index (χ4v) is 3.09. The molecule has 0 amide bonds. The van der Waals surface area contributed by atoms with E-state index in [4.69, 9.17) is 14.9 Å². The average Bonchev–Trinajstić information content (AvgIpc) is 2.64. The summed E-state index contributed by atoms with van der Waals surface area (Å²) in [6.07, 6.45) is 3.26. The van der Waals surface area contributed by atoms with E-state index >= 15 is 0 Å². The average molecular weight is 370 g/mol. The summed E-state index contributed by atoms with van der Waals surface area (Å²) in [5, 5.41) is 10.9. The van der Waals surface area contributed by atoms with E-state index in [2.05, 4.69) is 15.3 Å². The first kappa shape index (κ1) is 19.1. The van der Waals surface area contributed by atoms with Crippen LogP contribution in [0, 0.1) is 5.41 Å². The van der Waals surface area contributed by atoms with Gasteiger partial charge in [0.1, 0.15) is 17.4 Å². The SMILES string of the molecule is CC(C)Oc1ccccc1Cc1nc(NC2CCOCC2)c(C=N)c(=O)[nH]1. The van der Waals surface area contributed by atoms with Crippen molar-refractivity contribution in [2.24, 2.45) is 0 Å². The molecule has 7 heteroatoms. The highest BCUT2D eigenvalue weighted by Gasteiger charge is 2.18. The van der Waals surface area contributed by atoms with Crippen LogP contribution in [0.1, 0.15) is 43.6 Å². The van der Waals surface area contributed by atoms with E-state index in [-0.39, 0.29) is 23.3 Å².